The number of aliphatic hydroxyl groups excluding tert-OH is 1. The van der Waals surface area contributed by atoms with Crippen molar-refractivity contribution in [1.82, 2.24) is 9.97 Å². The second-order valence-corrected chi connectivity index (χ2v) is 7.73. The standard InChI is InChI=1S/C23H21N3O6/c1-11(2)19(27)17-18(12-4-7-14(32-3)8-5-12)26(21(29)20(17)28)23-24-15-9-6-13(22(30)31)10-16(15)25-23/h4-11,18,28H,1-3H3,(H,24,25)(H,30,31). The molecule has 0 bridgehead atoms. The molecule has 0 saturated heterocycles. The number of rotatable bonds is 6. The zero-order valence-electron chi connectivity index (χ0n) is 17.6. The van der Waals surface area contributed by atoms with Crippen LogP contribution in [0.4, 0.5) is 5.95 Å². The molecule has 1 atom stereocenters. The van der Waals surface area contributed by atoms with E-state index in [4.69, 9.17) is 4.74 Å². The van der Waals surface area contributed by atoms with Gasteiger partial charge in [-0.2, -0.15) is 0 Å². The number of ether oxygens (including phenoxy) is 1. The normalized spacial score (nSPS) is 16.3. The maximum absolute atomic E-state index is 13.1. The van der Waals surface area contributed by atoms with Crippen molar-refractivity contribution in [2.24, 2.45) is 5.92 Å². The second kappa shape index (κ2) is 7.84. The molecule has 9 heteroatoms. The van der Waals surface area contributed by atoms with Crippen molar-refractivity contribution in [2.75, 3.05) is 12.0 Å². The van der Waals surface area contributed by atoms with E-state index in [-0.39, 0.29) is 22.9 Å². The van der Waals surface area contributed by atoms with Crippen LogP contribution in [0.25, 0.3) is 11.0 Å². The second-order valence-electron chi connectivity index (χ2n) is 7.73. The van der Waals surface area contributed by atoms with E-state index in [1.807, 2.05) is 0 Å². The molecule has 0 fully saturated rings. The SMILES string of the molecule is COc1ccc(C2C(C(=O)C(C)C)=C(O)C(=O)N2c2nc3ccc(C(=O)O)cc3[nH]2)cc1. The predicted molar refractivity (Wildman–Crippen MR) is 116 cm³/mol. The number of aliphatic hydroxyl groups is 1. The van der Waals surface area contributed by atoms with Gasteiger partial charge in [-0.15, -0.1) is 0 Å². The number of benzene rings is 2. The molecular weight excluding hydrogens is 414 g/mol. The highest BCUT2D eigenvalue weighted by Gasteiger charge is 2.46. The number of nitrogens with zero attached hydrogens (tertiary/aromatic N) is 2. The summed E-state index contributed by atoms with van der Waals surface area (Å²) < 4.78 is 5.19. The Morgan fingerprint density at radius 1 is 1.16 bits per heavy atom. The Bertz CT molecular complexity index is 1270. The number of hydrogen-bond donors (Lipinski definition) is 3. The van der Waals surface area contributed by atoms with Gasteiger partial charge in [-0.1, -0.05) is 26.0 Å². The van der Waals surface area contributed by atoms with Crippen LogP contribution < -0.4 is 9.64 Å². The van der Waals surface area contributed by atoms with Gasteiger partial charge < -0.3 is 19.9 Å². The van der Waals surface area contributed by atoms with Gasteiger partial charge in [-0.05, 0) is 35.9 Å². The summed E-state index contributed by atoms with van der Waals surface area (Å²) in [4.78, 5) is 45.9. The summed E-state index contributed by atoms with van der Waals surface area (Å²) >= 11 is 0. The third-order valence-electron chi connectivity index (χ3n) is 5.37. The number of hydrogen-bond acceptors (Lipinski definition) is 6. The van der Waals surface area contributed by atoms with E-state index in [1.54, 1.807) is 38.1 Å². The van der Waals surface area contributed by atoms with Crippen LogP contribution in [-0.2, 0) is 9.59 Å². The van der Waals surface area contributed by atoms with Crippen LogP contribution in [0.1, 0.15) is 35.8 Å². The Morgan fingerprint density at radius 3 is 2.44 bits per heavy atom. The van der Waals surface area contributed by atoms with Gasteiger partial charge in [0.2, 0.25) is 5.95 Å². The topological polar surface area (TPSA) is 133 Å². The molecule has 1 aliphatic rings. The van der Waals surface area contributed by atoms with E-state index in [1.165, 1.54) is 30.2 Å². The molecular formula is C23H21N3O6. The number of anilines is 1. The fourth-order valence-electron chi connectivity index (χ4n) is 3.73. The van der Waals surface area contributed by atoms with Crippen molar-refractivity contribution in [1.29, 1.82) is 0 Å². The molecule has 9 nitrogen and oxygen atoms in total. The number of Topliss-reactive ketones (excluding diaryl/α,β-unsaturated/α-hetero) is 1. The van der Waals surface area contributed by atoms with E-state index in [0.29, 0.717) is 22.3 Å². The number of carbonyl (C=O) groups excluding carboxylic acids is 2. The van der Waals surface area contributed by atoms with Crippen molar-refractivity contribution in [3.8, 4) is 5.75 Å². The summed E-state index contributed by atoms with van der Waals surface area (Å²) in [5, 5.41) is 19.9. The minimum absolute atomic E-state index is 0.0122. The summed E-state index contributed by atoms with van der Waals surface area (Å²) in [5.41, 5.74) is 1.48. The van der Waals surface area contributed by atoms with Crippen LogP contribution in [0.5, 0.6) is 5.75 Å². The van der Waals surface area contributed by atoms with Crippen LogP contribution in [0.3, 0.4) is 0 Å². The van der Waals surface area contributed by atoms with Crippen molar-refractivity contribution >= 4 is 34.6 Å². The zero-order valence-corrected chi connectivity index (χ0v) is 17.6. The predicted octanol–water partition coefficient (Wildman–Crippen LogP) is 3.39. The lowest BCUT2D eigenvalue weighted by molar-refractivity contribution is -0.119. The highest BCUT2D eigenvalue weighted by Crippen LogP contribution is 2.41. The molecule has 1 amide bonds. The molecule has 0 aliphatic carbocycles. The average Bonchev–Trinajstić information content (AvgIpc) is 3.31. The van der Waals surface area contributed by atoms with Crippen LogP contribution in [0, 0.1) is 5.92 Å². The summed E-state index contributed by atoms with van der Waals surface area (Å²) in [6.07, 6.45) is 0. The molecule has 1 aromatic heterocycles. The van der Waals surface area contributed by atoms with Crippen LogP contribution >= 0.6 is 0 Å². The number of aromatic carboxylic acids is 1. The Labute approximate surface area is 182 Å². The average molecular weight is 435 g/mol. The molecule has 0 saturated carbocycles. The van der Waals surface area contributed by atoms with E-state index in [2.05, 4.69) is 9.97 Å². The summed E-state index contributed by atoms with van der Waals surface area (Å²) in [5.74, 6) is -2.62. The first kappa shape index (κ1) is 21.1. The summed E-state index contributed by atoms with van der Waals surface area (Å²) in [7, 11) is 1.53. The van der Waals surface area contributed by atoms with Gasteiger partial charge in [-0.3, -0.25) is 14.5 Å². The number of nitrogens with one attached hydrogen (secondary N) is 1. The molecule has 32 heavy (non-hydrogen) atoms. The minimum atomic E-state index is -1.10. The maximum atomic E-state index is 13.1. The number of amides is 1. The van der Waals surface area contributed by atoms with E-state index in [0.717, 1.165) is 0 Å². The first-order valence-corrected chi connectivity index (χ1v) is 9.90. The number of aromatic nitrogens is 2. The van der Waals surface area contributed by atoms with Gasteiger partial charge in [0.05, 0.1) is 35.3 Å². The van der Waals surface area contributed by atoms with Gasteiger partial charge in [0, 0.05) is 5.92 Å². The van der Waals surface area contributed by atoms with Crippen molar-refractivity contribution < 1.29 is 29.3 Å². The highest BCUT2D eigenvalue weighted by atomic mass is 16.5. The van der Waals surface area contributed by atoms with Crippen LogP contribution in [-0.4, -0.2) is 45.0 Å². The third kappa shape index (κ3) is 3.37. The number of H-pyrrole nitrogens is 1. The highest BCUT2D eigenvalue weighted by molar-refractivity contribution is 6.16. The number of aromatic amines is 1. The molecule has 1 unspecified atom stereocenters. The smallest absolute Gasteiger partial charge is 0.335 e. The first-order chi connectivity index (χ1) is 15.2. The number of ketones is 1. The molecule has 0 radical (unpaired) electrons. The lowest BCUT2D eigenvalue weighted by Gasteiger charge is -2.25. The fourth-order valence-corrected chi connectivity index (χ4v) is 3.73. The minimum Gasteiger partial charge on any atom is -0.503 e. The number of methoxy groups -OCH3 is 1. The Morgan fingerprint density at radius 2 is 1.84 bits per heavy atom. The largest absolute Gasteiger partial charge is 0.503 e. The Balaban J connectivity index is 1.87. The van der Waals surface area contributed by atoms with Gasteiger partial charge >= 0.3 is 5.97 Å². The molecule has 3 aromatic rings. The zero-order chi connectivity index (χ0) is 23.2. The van der Waals surface area contributed by atoms with Crippen molar-refractivity contribution in [2.45, 2.75) is 19.9 Å². The van der Waals surface area contributed by atoms with Crippen molar-refractivity contribution in [3.63, 3.8) is 0 Å². The van der Waals surface area contributed by atoms with E-state index >= 15 is 0 Å². The number of carboxylic acid groups (broad SMARTS) is 1. The Kier molecular flexibility index (Phi) is 5.17. The van der Waals surface area contributed by atoms with Gasteiger partial charge in [0.15, 0.2) is 11.5 Å². The monoisotopic (exact) mass is 435 g/mol. The van der Waals surface area contributed by atoms with E-state index < -0.39 is 29.6 Å². The molecule has 0 spiro atoms. The van der Waals surface area contributed by atoms with Gasteiger partial charge in [0.1, 0.15) is 5.75 Å². The van der Waals surface area contributed by atoms with Crippen LogP contribution in [0.15, 0.2) is 53.8 Å². The van der Waals surface area contributed by atoms with Gasteiger partial charge in [-0.25, -0.2) is 9.78 Å². The number of fused-ring (bicyclic) bond motifs is 1. The fraction of sp³-hybridized carbons (Fsp3) is 0.217. The lowest BCUT2D eigenvalue weighted by atomic mass is 9.91. The van der Waals surface area contributed by atoms with Crippen LogP contribution in [0.2, 0.25) is 0 Å². The van der Waals surface area contributed by atoms with Gasteiger partial charge in [0.25, 0.3) is 5.91 Å². The molecule has 164 valence electrons. The number of carbonyl (C=O) groups is 3. The third-order valence-corrected chi connectivity index (χ3v) is 5.37. The molecule has 1 aliphatic heterocycles. The summed E-state index contributed by atoms with van der Waals surface area (Å²) in [6.45, 7) is 3.38. The maximum Gasteiger partial charge on any atom is 0.335 e. The molecule has 2 aromatic carbocycles. The summed E-state index contributed by atoms with van der Waals surface area (Å²) in [6, 6.07) is 10.2. The molecule has 3 N–H and O–H groups in total. The number of carboxylic acids is 1. The number of imidazole rings is 1. The quantitative estimate of drug-likeness (QED) is 0.540. The Hall–Kier alpha value is -4.14. The van der Waals surface area contributed by atoms with E-state index in [9.17, 15) is 24.6 Å². The molecule has 2 heterocycles. The van der Waals surface area contributed by atoms with Crippen molar-refractivity contribution in [3.05, 3.63) is 64.9 Å². The first-order valence-electron chi connectivity index (χ1n) is 9.90. The molecule has 4 rings (SSSR count). The lowest BCUT2D eigenvalue weighted by Crippen LogP contribution is -2.32.